The van der Waals surface area contributed by atoms with E-state index in [4.69, 9.17) is 13.0 Å². The number of aromatic amines is 2. The number of imidazole rings is 2. The molecule has 4 rings (SSSR count). The molecule has 2 N–H and O–H groups in total. The molecular weight excluding hydrogens is 324 g/mol. The summed E-state index contributed by atoms with van der Waals surface area (Å²) in [6.07, 6.45) is 2.85. The van der Waals surface area contributed by atoms with Gasteiger partial charge in [0.25, 0.3) is 11.1 Å². The molecule has 4 aromatic heterocycles. The van der Waals surface area contributed by atoms with Crippen LogP contribution in [0.4, 0.5) is 0 Å². The molecular formula is C12H11ClN8O2. The minimum atomic E-state index is -0.329. The van der Waals surface area contributed by atoms with E-state index in [1.807, 2.05) is 0 Å². The second-order valence-electron chi connectivity index (χ2n) is 4.59. The van der Waals surface area contributed by atoms with Crippen molar-refractivity contribution in [1.29, 1.82) is 0 Å². The molecule has 11 heteroatoms. The van der Waals surface area contributed by atoms with E-state index in [1.165, 1.54) is 12.7 Å². The van der Waals surface area contributed by atoms with Crippen LogP contribution in [0.3, 0.4) is 0 Å². The van der Waals surface area contributed by atoms with Crippen LogP contribution in [0, 0.1) is 0 Å². The van der Waals surface area contributed by atoms with Gasteiger partial charge in [0, 0.05) is 14.1 Å². The lowest BCUT2D eigenvalue weighted by atomic mass is 10.5. The fraction of sp³-hybridized carbons (Fsp3) is 0.167. The smallest absolute Gasteiger partial charge is 0.278 e. The zero-order valence-corrected chi connectivity index (χ0v) is 12.8. The zero-order valence-electron chi connectivity index (χ0n) is 13.0. The monoisotopic (exact) mass is 335 g/mol. The molecule has 0 spiro atoms. The Morgan fingerprint density at radius 1 is 1.04 bits per heavy atom. The number of nitrogens with one attached hydrogen (secondary N) is 2. The van der Waals surface area contributed by atoms with E-state index < -0.39 is 0 Å². The fourth-order valence-corrected chi connectivity index (χ4v) is 2.15. The van der Waals surface area contributed by atoms with E-state index in [9.17, 15) is 9.59 Å². The molecule has 0 radical (unpaired) electrons. The van der Waals surface area contributed by atoms with Crippen molar-refractivity contribution in [2.75, 3.05) is 0 Å². The molecule has 0 fully saturated rings. The molecule has 0 amide bonds. The number of H-pyrrole nitrogens is 2. The first kappa shape index (κ1) is 13.6. The minimum Gasteiger partial charge on any atom is -0.328 e. The van der Waals surface area contributed by atoms with Crippen molar-refractivity contribution in [2.24, 2.45) is 14.1 Å². The molecule has 23 heavy (non-hydrogen) atoms. The van der Waals surface area contributed by atoms with Crippen molar-refractivity contribution in [3.63, 3.8) is 0 Å². The third-order valence-electron chi connectivity index (χ3n) is 3.02. The Morgan fingerprint density at radius 2 is 1.65 bits per heavy atom. The van der Waals surface area contributed by atoms with Gasteiger partial charge in [-0.05, 0) is 11.6 Å². The van der Waals surface area contributed by atoms with Gasteiger partial charge in [-0.15, -0.1) is 0 Å². The van der Waals surface area contributed by atoms with E-state index in [1.54, 1.807) is 23.2 Å². The second-order valence-corrected chi connectivity index (χ2v) is 4.95. The Bertz CT molecular complexity index is 1070. The van der Waals surface area contributed by atoms with Gasteiger partial charge in [-0.2, -0.15) is 4.98 Å². The second kappa shape index (κ2) is 5.65. The molecule has 4 aromatic rings. The Kier molecular flexibility index (Phi) is 3.35. The van der Waals surface area contributed by atoms with Gasteiger partial charge < -0.3 is 14.1 Å². The molecule has 0 aliphatic rings. The Balaban J connectivity index is 0.000000141. The predicted molar refractivity (Wildman–Crippen MR) is 83.3 cm³/mol. The molecule has 0 saturated heterocycles. The first-order valence-corrected chi connectivity index (χ1v) is 6.69. The molecule has 10 nitrogen and oxygen atoms in total. The van der Waals surface area contributed by atoms with Crippen molar-refractivity contribution in [3.05, 3.63) is 44.9 Å². The summed E-state index contributed by atoms with van der Waals surface area (Å²) in [6.45, 7) is 0. The lowest BCUT2D eigenvalue weighted by molar-refractivity contribution is 0.938. The van der Waals surface area contributed by atoms with Gasteiger partial charge in [-0.1, -0.05) is 0 Å². The zero-order chi connectivity index (χ0) is 17.4. The number of hydrogen-bond donors (Lipinski definition) is 2. The van der Waals surface area contributed by atoms with Crippen molar-refractivity contribution >= 4 is 33.9 Å². The van der Waals surface area contributed by atoms with Gasteiger partial charge in [0.2, 0.25) is 5.28 Å². The highest BCUT2D eigenvalue weighted by Gasteiger charge is 2.06. The Morgan fingerprint density at radius 3 is 2.35 bits per heavy atom. The minimum absolute atomic E-state index is 0.0613. The first-order valence-electron chi connectivity index (χ1n) is 6.81. The van der Waals surface area contributed by atoms with Crippen molar-refractivity contribution in [2.45, 2.75) is 0 Å². The molecule has 0 saturated carbocycles. The maximum atomic E-state index is 11.2. The van der Waals surface area contributed by atoms with E-state index >= 15 is 0 Å². The molecule has 0 bridgehead atoms. The van der Waals surface area contributed by atoms with Crippen LogP contribution >= 0.6 is 11.6 Å². The molecule has 118 valence electrons. The van der Waals surface area contributed by atoms with Crippen LogP contribution in [0.25, 0.3) is 22.3 Å². The number of halogens is 1. The van der Waals surface area contributed by atoms with Crippen LogP contribution in [0.1, 0.15) is 1.37 Å². The summed E-state index contributed by atoms with van der Waals surface area (Å²) in [5, 5.41) is 0.0613. The number of aryl methyl sites for hydroxylation is 2. The van der Waals surface area contributed by atoms with E-state index in [2.05, 4.69) is 29.9 Å². The highest BCUT2D eigenvalue weighted by atomic mass is 35.5. The lowest BCUT2D eigenvalue weighted by Gasteiger charge is -1.91. The van der Waals surface area contributed by atoms with Gasteiger partial charge in [-0.3, -0.25) is 14.6 Å². The summed E-state index contributed by atoms with van der Waals surface area (Å²) in [5.74, 6) is 0. The summed E-state index contributed by atoms with van der Waals surface area (Å²) in [6, 6.07) is 0. The standard InChI is InChI=1S/C6H5ClN4O.C6H6N4O/c1-11-2-8-4-3(11)5(12)10-6(7)9-4;1-10-3-9-5-4(10)6(11)8-2-7-5/h2H,1H3,(H,9,10,12);2-3H,1H3,(H,7,8,11)/i;2D. The Labute approximate surface area is 134 Å². The fourth-order valence-electron chi connectivity index (χ4n) is 1.99. The third-order valence-corrected chi connectivity index (χ3v) is 3.20. The predicted octanol–water partition coefficient (Wildman–Crippen LogP) is -0.0334. The highest BCUT2D eigenvalue weighted by Crippen LogP contribution is 2.05. The van der Waals surface area contributed by atoms with Crippen LogP contribution in [0.2, 0.25) is 5.28 Å². The van der Waals surface area contributed by atoms with Crippen LogP contribution in [0.5, 0.6) is 0 Å². The first-order chi connectivity index (χ1) is 11.4. The van der Waals surface area contributed by atoms with Crippen molar-refractivity contribution in [1.82, 2.24) is 39.0 Å². The summed E-state index contributed by atoms with van der Waals surface area (Å²) in [5.41, 5.74) is 0.901. The summed E-state index contributed by atoms with van der Waals surface area (Å²) in [7, 11) is 3.43. The van der Waals surface area contributed by atoms with Crippen LogP contribution < -0.4 is 11.1 Å². The van der Waals surface area contributed by atoms with Gasteiger partial charge in [-0.25, -0.2) is 15.0 Å². The summed E-state index contributed by atoms with van der Waals surface area (Å²) >= 11 is 5.52. The topological polar surface area (TPSA) is 127 Å². The Hall–Kier alpha value is -3.01. The van der Waals surface area contributed by atoms with Gasteiger partial charge in [0.15, 0.2) is 22.3 Å². The molecule has 0 unspecified atom stereocenters. The van der Waals surface area contributed by atoms with Crippen LogP contribution in [-0.2, 0) is 14.1 Å². The van der Waals surface area contributed by atoms with E-state index in [0.29, 0.717) is 22.3 Å². The van der Waals surface area contributed by atoms with Crippen molar-refractivity contribution < 1.29 is 1.37 Å². The molecule has 0 aliphatic heterocycles. The maximum Gasteiger partial charge on any atom is 0.278 e. The molecule has 4 heterocycles. The normalized spacial score (nSPS) is 11.3. The quantitative estimate of drug-likeness (QED) is 0.434. The van der Waals surface area contributed by atoms with Crippen LogP contribution in [-0.4, -0.2) is 39.0 Å². The SMILES string of the molecule is Cn1cnc2nc(Cl)[nH]c(=O)c21.[2H]c1nc2ncn(C)c2c(=O)[nH]1. The number of nitrogens with zero attached hydrogens (tertiary/aromatic N) is 6. The number of hydrogen-bond acceptors (Lipinski definition) is 6. The van der Waals surface area contributed by atoms with E-state index in [0.717, 1.165) is 0 Å². The maximum absolute atomic E-state index is 11.2. The average Bonchev–Trinajstić information content (AvgIpc) is 3.03. The summed E-state index contributed by atoms with van der Waals surface area (Å²) in [4.78, 5) is 42.4. The highest BCUT2D eigenvalue weighted by molar-refractivity contribution is 6.28. The summed E-state index contributed by atoms with van der Waals surface area (Å²) < 4.78 is 10.3. The lowest BCUT2D eigenvalue weighted by Crippen LogP contribution is -2.10. The molecule has 0 atom stereocenters. The van der Waals surface area contributed by atoms with E-state index in [-0.39, 0.29) is 22.7 Å². The third kappa shape index (κ3) is 2.71. The van der Waals surface area contributed by atoms with Gasteiger partial charge in [0.1, 0.15) is 1.37 Å². The van der Waals surface area contributed by atoms with Crippen LogP contribution in [0.15, 0.2) is 28.5 Å². The van der Waals surface area contributed by atoms with Gasteiger partial charge in [0.05, 0.1) is 19.0 Å². The van der Waals surface area contributed by atoms with Crippen molar-refractivity contribution in [3.8, 4) is 0 Å². The largest absolute Gasteiger partial charge is 0.328 e. The number of aromatic nitrogens is 8. The number of fused-ring (bicyclic) bond motifs is 2. The number of rotatable bonds is 0. The molecule has 0 aromatic carbocycles. The van der Waals surface area contributed by atoms with Gasteiger partial charge >= 0.3 is 0 Å². The average molecular weight is 336 g/mol. The molecule has 0 aliphatic carbocycles.